The molecule has 9 heteroatoms. The van der Waals surface area contributed by atoms with Gasteiger partial charge >= 0.3 is 5.97 Å². The SMILES string of the molecule is C=CCOC(=O)c1sc(N2C(=O)C(O)=C(C(=O)c3cccs3)[C@@H]2c2ccc(C)cc2)nc1C. The number of nitrogens with zero attached hydrogens (tertiary/aromatic N) is 2. The second-order valence-corrected chi connectivity index (χ2v) is 9.28. The van der Waals surface area contributed by atoms with Crippen molar-refractivity contribution in [3.63, 3.8) is 0 Å². The molecular formula is C24H20N2O5S2. The van der Waals surface area contributed by atoms with Crippen LogP contribution in [0.25, 0.3) is 0 Å². The molecule has 7 nitrogen and oxygen atoms in total. The van der Waals surface area contributed by atoms with Crippen molar-refractivity contribution in [1.29, 1.82) is 0 Å². The zero-order valence-electron chi connectivity index (χ0n) is 17.9. The summed E-state index contributed by atoms with van der Waals surface area (Å²) >= 11 is 2.20. The molecule has 1 N–H and O–H groups in total. The molecule has 0 fully saturated rings. The molecule has 2 aromatic heterocycles. The Morgan fingerprint density at radius 3 is 2.61 bits per heavy atom. The van der Waals surface area contributed by atoms with Crippen molar-refractivity contribution < 1.29 is 24.2 Å². The molecule has 0 saturated heterocycles. The molecule has 1 aromatic carbocycles. The molecule has 1 amide bonds. The van der Waals surface area contributed by atoms with Crippen LogP contribution >= 0.6 is 22.7 Å². The Bertz CT molecular complexity index is 1270. The number of thiazole rings is 1. The number of anilines is 1. The molecule has 0 saturated carbocycles. The molecule has 3 heterocycles. The number of Topliss-reactive ketones (excluding diaryl/α,β-unsaturated/α-hetero) is 1. The summed E-state index contributed by atoms with van der Waals surface area (Å²) < 4.78 is 5.11. The number of aliphatic hydroxyl groups excluding tert-OH is 1. The number of amides is 1. The normalized spacial score (nSPS) is 15.8. The van der Waals surface area contributed by atoms with Crippen LogP contribution in [0.3, 0.4) is 0 Å². The van der Waals surface area contributed by atoms with E-state index in [2.05, 4.69) is 11.6 Å². The highest BCUT2D eigenvalue weighted by Gasteiger charge is 2.46. The van der Waals surface area contributed by atoms with Gasteiger partial charge in [-0.05, 0) is 30.9 Å². The van der Waals surface area contributed by atoms with Gasteiger partial charge in [0.1, 0.15) is 11.5 Å². The molecule has 4 rings (SSSR count). The van der Waals surface area contributed by atoms with Gasteiger partial charge in [0.15, 0.2) is 10.9 Å². The Labute approximate surface area is 198 Å². The molecule has 1 aliphatic heterocycles. The van der Waals surface area contributed by atoms with Crippen LogP contribution in [0, 0.1) is 13.8 Å². The summed E-state index contributed by atoms with van der Waals surface area (Å²) in [7, 11) is 0. The van der Waals surface area contributed by atoms with Crippen molar-refractivity contribution in [2.75, 3.05) is 11.5 Å². The van der Waals surface area contributed by atoms with Gasteiger partial charge in [0, 0.05) is 0 Å². The number of rotatable bonds is 7. The van der Waals surface area contributed by atoms with Gasteiger partial charge in [0.25, 0.3) is 5.91 Å². The van der Waals surface area contributed by atoms with E-state index in [4.69, 9.17) is 4.74 Å². The fraction of sp³-hybridized carbons (Fsp3) is 0.167. The predicted molar refractivity (Wildman–Crippen MR) is 127 cm³/mol. The van der Waals surface area contributed by atoms with Gasteiger partial charge in [-0.2, -0.15) is 0 Å². The Morgan fingerprint density at radius 2 is 1.97 bits per heavy atom. The van der Waals surface area contributed by atoms with E-state index in [-0.39, 0.29) is 22.2 Å². The van der Waals surface area contributed by atoms with Crippen LogP contribution in [0.5, 0.6) is 0 Å². The van der Waals surface area contributed by atoms with E-state index in [1.165, 1.54) is 22.3 Å². The van der Waals surface area contributed by atoms with Crippen molar-refractivity contribution >= 4 is 45.5 Å². The van der Waals surface area contributed by atoms with Crippen LogP contribution in [0.2, 0.25) is 0 Å². The van der Waals surface area contributed by atoms with Crippen LogP contribution in [0.4, 0.5) is 5.13 Å². The molecule has 0 spiro atoms. The molecule has 1 atom stereocenters. The van der Waals surface area contributed by atoms with Crippen molar-refractivity contribution in [2.24, 2.45) is 0 Å². The first-order valence-electron chi connectivity index (χ1n) is 10.0. The van der Waals surface area contributed by atoms with E-state index in [0.717, 1.165) is 16.9 Å². The zero-order valence-corrected chi connectivity index (χ0v) is 19.5. The van der Waals surface area contributed by atoms with Gasteiger partial charge in [-0.15, -0.1) is 11.3 Å². The molecule has 0 bridgehead atoms. The molecule has 3 aromatic rings. The minimum atomic E-state index is -0.893. The summed E-state index contributed by atoms with van der Waals surface area (Å²) in [4.78, 5) is 45.2. The summed E-state index contributed by atoms with van der Waals surface area (Å²) in [6.45, 7) is 7.13. The largest absolute Gasteiger partial charge is 0.503 e. The third-order valence-electron chi connectivity index (χ3n) is 5.10. The highest BCUT2D eigenvalue weighted by molar-refractivity contribution is 7.17. The maximum absolute atomic E-state index is 13.3. The average molecular weight is 481 g/mol. The quantitative estimate of drug-likeness (QED) is 0.292. The lowest BCUT2D eigenvalue weighted by atomic mass is 9.95. The van der Waals surface area contributed by atoms with Gasteiger partial charge in [0.05, 0.1) is 22.2 Å². The number of benzene rings is 1. The van der Waals surface area contributed by atoms with E-state index < -0.39 is 29.5 Å². The van der Waals surface area contributed by atoms with E-state index in [9.17, 15) is 19.5 Å². The lowest BCUT2D eigenvalue weighted by molar-refractivity contribution is -0.117. The maximum Gasteiger partial charge on any atom is 0.350 e. The van der Waals surface area contributed by atoms with Gasteiger partial charge in [0.2, 0.25) is 5.78 Å². The molecule has 33 heavy (non-hydrogen) atoms. The number of aryl methyl sites for hydroxylation is 2. The van der Waals surface area contributed by atoms with Crippen LogP contribution in [-0.2, 0) is 9.53 Å². The maximum atomic E-state index is 13.3. The number of aliphatic hydroxyl groups is 1. The van der Waals surface area contributed by atoms with Crippen molar-refractivity contribution in [1.82, 2.24) is 4.98 Å². The van der Waals surface area contributed by atoms with Crippen LogP contribution in [-0.4, -0.2) is 34.4 Å². The molecule has 1 aliphatic rings. The first-order chi connectivity index (χ1) is 15.8. The fourth-order valence-electron chi connectivity index (χ4n) is 3.51. The summed E-state index contributed by atoms with van der Waals surface area (Å²) in [5, 5.41) is 12.7. The van der Waals surface area contributed by atoms with Crippen molar-refractivity contribution in [3.05, 3.63) is 92.3 Å². The molecule has 0 unspecified atom stereocenters. The van der Waals surface area contributed by atoms with Gasteiger partial charge in [-0.25, -0.2) is 9.78 Å². The third-order valence-corrected chi connectivity index (χ3v) is 7.11. The minimum Gasteiger partial charge on any atom is -0.503 e. The summed E-state index contributed by atoms with van der Waals surface area (Å²) in [6, 6.07) is 9.83. The minimum absolute atomic E-state index is 0.0186. The second kappa shape index (κ2) is 9.13. The highest BCUT2D eigenvalue weighted by Crippen LogP contribution is 2.44. The van der Waals surface area contributed by atoms with E-state index in [1.54, 1.807) is 36.6 Å². The molecule has 0 radical (unpaired) electrons. The molecule has 0 aliphatic carbocycles. The number of thiophene rings is 1. The fourth-order valence-corrected chi connectivity index (χ4v) is 5.18. The second-order valence-electron chi connectivity index (χ2n) is 7.36. The number of hydrogen-bond acceptors (Lipinski definition) is 8. The Hall–Kier alpha value is -3.56. The van der Waals surface area contributed by atoms with Crippen LogP contribution in [0.15, 0.2) is 65.8 Å². The lowest BCUT2D eigenvalue weighted by Crippen LogP contribution is -2.31. The average Bonchev–Trinajstić information content (AvgIpc) is 3.52. The number of aromatic nitrogens is 1. The third kappa shape index (κ3) is 4.12. The Kier molecular flexibility index (Phi) is 6.26. The summed E-state index contributed by atoms with van der Waals surface area (Å²) in [5.74, 6) is -2.38. The predicted octanol–water partition coefficient (Wildman–Crippen LogP) is 4.95. The zero-order chi connectivity index (χ0) is 23.7. The summed E-state index contributed by atoms with van der Waals surface area (Å²) in [5.41, 5.74) is 2.01. The van der Waals surface area contributed by atoms with Crippen LogP contribution in [0.1, 0.15) is 42.2 Å². The topological polar surface area (TPSA) is 96.8 Å². The molecular weight excluding hydrogens is 460 g/mol. The van der Waals surface area contributed by atoms with Crippen LogP contribution < -0.4 is 4.90 Å². The number of ether oxygens (including phenoxy) is 1. The number of esters is 1. The Balaban J connectivity index is 1.82. The number of hydrogen-bond donors (Lipinski definition) is 1. The van der Waals surface area contributed by atoms with E-state index >= 15 is 0 Å². The smallest absolute Gasteiger partial charge is 0.350 e. The molecule has 168 valence electrons. The lowest BCUT2D eigenvalue weighted by Gasteiger charge is -2.24. The van der Waals surface area contributed by atoms with Crippen molar-refractivity contribution in [3.8, 4) is 0 Å². The number of ketones is 1. The van der Waals surface area contributed by atoms with Gasteiger partial charge in [-0.1, -0.05) is 59.9 Å². The van der Waals surface area contributed by atoms with E-state index in [1.807, 2.05) is 19.1 Å². The number of carbonyl (C=O) groups excluding carboxylic acids is 3. The first-order valence-corrected chi connectivity index (χ1v) is 11.7. The monoisotopic (exact) mass is 480 g/mol. The van der Waals surface area contributed by atoms with Gasteiger partial charge in [-0.3, -0.25) is 14.5 Å². The summed E-state index contributed by atoms with van der Waals surface area (Å²) in [6.07, 6.45) is 1.46. The van der Waals surface area contributed by atoms with E-state index in [0.29, 0.717) is 16.1 Å². The highest BCUT2D eigenvalue weighted by atomic mass is 32.1. The first kappa shape index (κ1) is 22.6. The van der Waals surface area contributed by atoms with Gasteiger partial charge < -0.3 is 9.84 Å². The number of carbonyl (C=O) groups is 3. The van der Waals surface area contributed by atoms with Crippen molar-refractivity contribution in [2.45, 2.75) is 19.9 Å². The standard InChI is InChI=1S/C24H20N2O5S2/c1-4-11-31-23(30)21-14(3)25-24(33-21)26-18(15-9-7-13(2)8-10-15)17(20(28)22(26)29)19(27)16-6-5-12-32-16/h4-10,12,18,28H,1,11H2,2-3H3/t18-/m0/s1. The Morgan fingerprint density at radius 1 is 1.24 bits per heavy atom.